The molecule has 0 radical (unpaired) electrons. The van der Waals surface area contributed by atoms with Gasteiger partial charge in [0.1, 0.15) is 0 Å². The minimum Gasteiger partial charge on any atom is -0.319 e. The molecule has 1 N–H and O–H groups in total. The number of nitrogens with one attached hydrogen (secondary N) is 1. The standard InChI is InChI=1S/C13H21ClN2/c1-4-6-13(2,10-15-3)8-11-5-7-16-9-12(11)14/h5,7,9,15H,4,6,8,10H2,1-3H3. The molecule has 0 bridgehead atoms. The van der Waals surface area contributed by atoms with Crippen molar-refractivity contribution in [2.24, 2.45) is 5.41 Å². The van der Waals surface area contributed by atoms with E-state index in [-0.39, 0.29) is 5.41 Å². The molecule has 1 rings (SSSR count). The van der Waals surface area contributed by atoms with Gasteiger partial charge in [-0.15, -0.1) is 0 Å². The van der Waals surface area contributed by atoms with Crippen LogP contribution in [0.2, 0.25) is 5.02 Å². The predicted molar refractivity (Wildman–Crippen MR) is 69.9 cm³/mol. The largest absolute Gasteiger partial charge is 0.319 e. The van der Waals surface area contributed by atoms with Crippen molar-refractivity contribution in [3.05, 3.63) is 29.0 Å². The molecule has 0 aliphatic heterocycles. The third-order valence-corrected chi connectivity index (χ3v) is 3.27. The second-order valence-electron chi connectivity index (χ2n) is 4.73. The molecule has 0 saturated carbocycles. The van der Waals surface area contributed by atoms with Gasteiger partial charge in [-0.3, -0.25) is 4.98 Å². The maximum atomic E-state index is 6.15. The number of pyridine rings is 1. The highest BCUT2D eigenvalue weighted by molar-refractivity contribution is 6.31. The lowest BCUT2D eigenvalue weighted by Gasteiger charge is -2.29. The maximum Gasteiger partial charge on any atom is 0.0621 e. The average molecular weight is 241 g/mol. The third kappa shape index (κ3) is 3.76. The molecule has 1 heterocycles. The van der Waals surface area contributed by atoms with E-state index in [4.69, 9.17) is 11.6 Å². The minimum absolute atomic E-state index is 0.272. The van der Waals surface area contributed by atoms with Crippen LogP contribution in [0.3, 0.4) is 0 Å². The van der Waals surface area contributed by atoms with Crippen molar-refractivity contribution in [3.63, 3.8) is 0 Å². The predicted octanol–water partition coefficient (Wildman–Crippen LogP) is 3.30. The van der Waals surface area contributed by atoms with Gasteiger partial charge in [0.05, 0.1) is 5.02 Å². The fourth-order valence-electron chi connectivity index (χ4n) is 2.28. The van der Waals surface area contributed by atoms with Crippen molar-refractivity contribution >= 4 is 11.6 Å². The normalized spacial score (nSPS) is 14.8. The van der Waals surface area contributed by atoms with E-state index in [0.29, 0.717) is 0 Å². The van der Waals surface area contributed by atoms with Gasteiger partial charge in [0, 0.05) is 18.9 Å². The van der Waals surface area contributed by atoms with Crippen LogP contribution in [0.1, 0.15) is 32.3 Å². The summed E-state index contributed by atoms with van der Waals surface area (Å²) < 4.78 is 0. The molecule has 90 valence electrons. The summed E-state index contributed by atoms with van der Waals surface area (Å²) in [6, 6.07) is 2.02. The number of hydrogen-bond acceptors (Lipinski definition) is 2. The number of rotatable bonds is 6. The van der Waals surface area contributed by atoms with E-state index in [0.717, 1.165) is 18.0 Å². The number of halogens is 1. The van der Waals surface area contributed by atoms with Crippen molar-refractivity contribution in [1.29, 1.82) is 0 Å². The summed E-state index contributed by atoms with van der Waals surface area (Å²) in [5.41, 5.74) is 1.47. The highest BCUT2D eigenvalue weighted by Crippen LogP contribution is 2.30. The van der Waals surface area contributed by atoms with Crippen molar-refractivity contribution in [1.82, 2.24) is 10.3 Å². The topological polar surface area (TPSA) is 24.9 Å². The Morgan fingerprint density at radius 2 is 2.25 bits per heavy atom. The molecule has 0 aliphatic carbocycles. The van der Waals surface area contributed by atoms with E-state index in [1.165, 1.54) is 18.4 Å². The van der Waals surface area contributed by atoms with Crippen LogP contribution in [0.5, 0.6) is 0 Å². The summed E-state index contributed by atoms with van der Waals surface area (Å²) in [7, 11) is 2.00. The summed E-state index contributed by atoms with van der Waals surface area (Å²) in [6.45, 7) is 5.55. The van der Waals surface area contributed by atoms with E-state index in [9.17, 15) is 0 Å². The van der Waals surface area contributed by atoms with Crippen LogP contribution in [-0.4, -0.2) is 18.6 Å². The Morgan fingerprint density at radius 3 is 2.81 bits per heavy atom. The number of nitrogens with zero attached hydrogens (tertiary/aromatic N) is 1. The Hall–Kier alpha value is -0.600. The second kappa shape index (κ2) is 6.21. The molecule has 16 heavy (non-hydrogen) atoms. The smallest absolute Gasteiger partial charge is 0.0621 e. The lowest BCUT2D eigenvalue weighted by molar-refractivity contribution is 0.283. The van der Waals surface area contributed by atoms with Crippen molar-refractivity contribution in [3.8, 4) is 0 Å². The van der Waals surface area contributed by atoms with E-state index in [1.54, 1.807) is 6.20 Å². The van der Waals surface area contributed by atoms with E-state index in [2.05, 4.69) is 24.1 Å². The monoisotopic (exact) mass is 240 g/mol. The zero-order chi connectivity index (χ0) is 12.0. The lowest BCUT2D eigenvalue weighted by Crippen LogP contribution is -2.31. The van der Waals surface area contributed by atoms with Gasteiger partial charge in [-0.25, -0.2) is 0 Å². The average Bonchev–Trinajstić information content (AvgIpc) is 2.22. The van der Waals surface area contributed by atoms with E-state index in [1.807, 2.05) is 19.3 Å². The van der Waals surface area contributed by atoms with Crippen LogP contribution in [0.4, 0.5) is 0 Å². The first-order chi connectivity index (χ1) is 7.61. The fourth-order valence-corrected chi connectivity index (χ4v) is 2.46. The second-order valence-corrected chi connectivity index (χ2v) is 5.14. The van der Waals surface area contributed by atoms with Gasteiger partial charge in [0.2, 0.25) is 0 Å². The van der Waals surface area contributed by atoms with Crippen molar-refractivity contribution < 1.29 is 0 Å². The molecule has 2 nitrogen and oxygen atoms in total. The molecule has 1 unspecified atom stereocenters. The molecule has 0 amide bonds. The summed E-state index contributed by atoms with van der Waals surface area (Å²) in [6.07, 6.45) is 6.94. The molecule has 3 heteroatoms. The zero-order valence-electron chi connectivity index (χ0n) is 10.4. The Balaban J connectivity index is 2.79. The van der Waals surface area contributed by atoms with Crippen molar-refractivity contribution in [2.45, 2.75) is 33.1 Å². The number of hydrogen-bond donors (Lipinski definition) is 1. The van der Waals surface area contributed by atoms with Crippen LogP contribution in [-0.2, 0) is 6.42 Å². The molecule has 0 aromatic carbocycles. The van der Waals surface area contributed by atoms with E-state index >= 15 is 0 Å². The van der Waals surface area contributed by atoms with Gasteiger partial charge < -0.3 is 5.32 Å². The van der Waals surface area contributed by atoms with E-state index < -0.39 is 0 Å². The summed E-state index contributed by atoms with van der Waals surface area (Å²) in [4.78, 5) is 4.02. The van der Waals surface area contributed by atoms with Gasteiger partial charge in [-0.2, -0.15) is 0 Å². The van der Waals surface area contributed by atoms with Crippen LogP contribution < -0.4 is 5.32 Å². The van der Waals surface area contributed by atoms with Gasteiger partial charge in [0.15, 0.2) is 0 Å². The Bertz CT molecular complexity index is 319. The molecule has 1 aromatic heterocycles. The first-order valence-corrected chi connectivity index (χ1v) is 6.22. The molecule has 0 saturated heterocycles. The molecule has 0 fully saturated rings. The Kier molecular flexibility index (Phi) is 5.23. The molecule has 1 aromatic rings. The zero-order valence-corrected chi connectivity index (χ0v) is 11.1. The quantitative estimate of drug-likeness (QED) is 0.825. The molecular weight excluding hydrogens is 220 g/mol. The van der Waals surface area contributed by atoms with Gasteiger partial charge in [-0.05, 0) is 36.9 Å². The van der Waals surface area contributed by atoms with Crippen LogP contribution >= 0.6 is 11.6 Å². The highest BCUT2D eigenvalue weighted by Gasteiger charge is 2.23. The van der Waals surface area contributed by atoms with Crippen LogP contribution in [0.25, 0.3) is 0 Å². The summed E-state index contributed by atoms with van der Waals surface area (Å²) in [5.74, 6) is 0. The van der Waals surface area contributed by atoms with Crippen LogP contribution in [0.15, 0.2) is 18.5 Å². The molecule has 1 atom stereocenters. The summed E-state index contributed by atoms with van der Waals surface area (Å²) >= 11 is 6.15. The third-order valence-electron chi connectivity index (χ3n) is 2.93. The Labute approximate surface area is 103 Å². The van der Waals surface area contributed by atoms with Gasteiger partial charge in [0.25, 0.3) is 0 Å². The maximum absolute atomic E-state index is 6.15. The van der Waals surface area contributed by atoms with Gasteiger partial charge >= 0.3 is 0 Å². The highest BCUT2D eigenvalue weighted by atomic mass is 35.5. The fraction of sp³-hybridized carbons (Fsp3) is 0.615. The van der Waals surface area contributed by atoms with Crippen LogP contribution in [0, 0.1) is 5.41 Å². The molecule has 0 spiro atoms. The SMILES string of the molecule is CCCC(C)(CNC)Cc1ccncc1Cl. The molecule has 0 aliphatic rings. The first-order valence-electron chi connectivity index (χ1n) is 5.84. The molecular formula is C13H21ClN2. The first kappa shape index (κ1) is 13.5. The summed E-state index contributed by atoms with van der Waals surface area (Å²) in [5, 5.41) is 4.05. The Morgan fingerprint density at radius 1 is 1.50 bits per heavy atom. The van der Waals surface area contributed by atoms with Crippen molar-refractivity contribution in [2.75, 3.05) is 13.6 Å². The van der Waals surface area contributed by atoms with Gasteiger partial charge in [-0.1, -0.05) is 31.9 Å². The number of aromatic nitrogens is 1. The minimum atomic E-state index is 0.272. The lowest BCUT2D eigenvalue weighted by atomic mass is 9.80.